The van der Waals surface area contributed by atoms with Gasteiger partial charge in [0.25, 0.3) is 11.8 Å². The van der Waals surface area contributed by atoms with E-state index in [0.717, 1.165) is 25.9 Å². The molecule has 1 fully saturated rings. The largest absolute Gasteiger partial charge is 0.361 e. The standard InChI is InChI=1S/C22H21N3O2.2CH4/c26-21-17-6-1-2-7-18(17)22(27)25(21)14-24-11-9-15(10-12-24)19-13-23-20-8-4-3-5-16(19)20;;/h1-8,13,15,23H,9-12,14H2;2*1H4. The van der Waals surface area contributed by atoms with Gasteiger partial charge in [0.1, 0.15) is 0 Å². The van der Waals surface area contributed by atoms with Gasteiger partial charge in [-0.25, -0.2) is 0 Å². The minimum Gasteiger partial charge on any atom is -0.361 e. The van der Waals surface area contributed by atoms with Crippen molar-refractivity contribution >= 4 is 22.7 Å². The van der Waals surface area contributed by atoms with Gasteiger partial charge in [-0.3, -0.25) is 19.4 Å². The Labute approximate surface area is 172 Å². The van der Waals surface area contributed by atoms with Crippen LogP contribution in [0.2, 0.25) is 0 Å². The molecular weight excluding hydrogens is 362 g/mol. The van der Waals surface area contributed by atoms with E-state index in [0.29, 0.717) is 23.7 Å². The number of carbonyl (C=O) groups excluding carboxylic acids is 2. The van der Waals surface area contributed by atoms with Gasteiger partial charge in [-0.1, -0.05) is 45.2 Å². The van der Waals surface area contributed by atoms with Gasteiger partial charge in [0, 0.05) is 30.2 Å². The first-order valence-electron chi connectivity index (χ1n) is 9.46. The molecule has 5 rings (SSSR count). The SMILES string of the molecule is C.C.O=C1c2ccccc2C(=O)N1CN1CCC(c2c[nH]c3ccccc23)CC1. The Morgan fingerprint density at radius 1 is 0.862 bits per heavy atom. The molecule has 0 saturated carbocycles. The molecule has 2 aliphatic rings. The number of hydrogen-bond acceptors (Lipinski definition) is 3. The van der Waals surface area contributed by atoms with E-state index >= 15 is 0 Å². The molecule has 1 saturated heterocycles. The van der Waals surface area contributed by atoms with E-state index in [4.69, 9.17) is 0 Å². The van der Waals surface area contributed by atoms with E-state index < -0.39 is 0 Å². The zero-order chi connectivity index (χ0) is 18.4. The molecule has 0 spiro atoms. The van der Waals surface area contributed by atoms with Crippen LogP contribution in [-0.4, -0.2) is 46.4 Å². The van der Waals surface area contributed by atoms with Gasteiger partial charge in [-0.2, -0.15) is 0 Å². The van der Waals surface area contributed by atoms with E-state index in [1.165, 1.54) is 21.4 Å². The molecule has 0 unspecified atom stereocenters. The Hall–Kier alpha value is -2.92. The quantitative estimate of drug-likeness (QED) is 0.648. The number of nitrogens with one attached hydrogen (secondary N) is 1. The predicted octanol–water partition coefficient (Wildman–Crippen LogP) is 4.87. The first-order valence-corrected chi connectivity index (χ1v) is 9.46. The number of benzene rings is 2. The van der Waals surface area contributed by atoms with Crippen molar-refractivity contribution < 1.29 is 9.59 Å². The summed E-state index contributed by atoms with van der Waals surface area (Å²) in [5.41, 5.74) is 3.61. The van der Waals surface area contributed by atoms with E-state index in [2.05, 4.69) is 34.3 Å². The molecule has 0 radical (unpaired) electrons. The number of imide groups is 1. The summed E-state index contributed by atoms with van der Waals surface area (Å²) in [6, 6.07) is 15.5. The molecule has 2 aromatic carbocycles. The Morgan fingerprint density at radius 2 is 1.45 bits per heavy atom. The Morgan fingerprint density at radius 3 is 2.10 bits per heavy atom. The van der Waals surface area contributed by atoms with Crippen LogP contribution in [0.4, 0.5) is 0 Å². The number of H-pyrrole nitrogens is 1. The third-order valence-corrected chi connectivity index (χ3v) is 5.87. The van der Waals surface area contributed by atoms with Crippen LogP contribution in [0.1, 0.15) is 59.9 Å². The second-order valence-electron chi connectivity index (χ2n) is 7.41. The predicted molar refractivity (Wildman–Crippen MR) is 117 cm³/mol. The number of fused-ring (bicyclic) bond motifs is 2. The minimum absolute atomic E-state index is 0. The Balaban J connectivity index is 0.00000120. The summed E-state index contributed by atoms with van der Waals surface area (Å²) in [6.45, 7) is 2.15. The van der Waals surface area contributed by atoms with Gasteiger partial charge in [0.15, 0.2) is 0 Å². The monoisotopic (exact) mass is 391 g/mol. The molecule has 0 aliphatic carbocycles. The van der Waals surface area contributed by atoms with Gasteiger partial charge in [-0.05, 0) is 42.5 Å². The van der Waals surface area contributed by atoms with Gasteiger partial charge in [-0.15, -0.1) is 0 Å². The third kappa shape index (κ3) is 3.47. The number of rotatable bonds is 3. The first-order chi connectivity index (χ1) is 13.2. The summed E-state index contributed by atoms with van der Waals surface area (Å²) in [5.74, 6) is 0.170. The molecule has 3 heterocycles. The van der Waals surface area contributed by atoms with Gasteiger partial charge in [0.2, 0.25) is 0 Å². The summed E-state index contributed by atoms with van der Waals surface area (Å²) < 4.78 is 0. The van der Waals surface area contributed by atoms with Crippen LogP contribution in [-0.2, 0) is 0 Å². The highest BCUT2D eigenvalue weighted by Gasteiger charge is 2.36. The molecule has 2 aliphatic heterocycles. The maximum atomic E-state index is 12.6. The number of likely N-dealkylation sites (tertiary alicyclic amines) is 1. The van der Waals surface area contributed by atoms with Crippen molar-refractivity contribution in [1.82, 2.24) is 14.8 Å². The number of amides is 2. The Kier molecular flexibility index (Phi) is 5.89. The van der Waals surface area contributed by atoms with E-state index in [-0.39, 0.29) is 26.7 Å². The van der Waals surface area contributed by atoms with Crippen LogP contribution < -0.4 is 0 Å². The van der Waals surface area contributed by atoms with Gasteiger partial charge >= 0.3 is 0 Å². The lowest BCUT2D eigenvalue weighted by molar-refractivity contribution is 0.0511. The average Bonchev–Trinajstić information content (AvgIpc) is 3.24. The van der Waals surface area contributed by atoms with Crippen molar-refractivity contribution in [2.75, 3.05) is 19.8 Å². The lowest BCUT2D eigenvalue weighted by Gasteiger charge is -2.33. The fraction of sp³-hybridized carbons (Fsp3) is 0.333. The maximum absolute atomic E-state index is 12.6. The lowest BCUT2D eigenvalue weighted by atomic mass is 9.89. The summed E-state index contributed by atoms with van der Waals surface area (Å²) in [6.07, 6.45) is 4.20. The average molecular weight is 392 g/mol. The molecule has 0 bridgehead atoms. The molecule has 152 valence electrons. The van der Waals surface area contributed by atoms with Crippen LogP contribution in [0, 0.1) is 0 Å². The lowest BCUT2D eigenvalue weighted by Crippen LogP contribution is -2.44. The molecule has 5 nitrogen and oxygen atoms in total. The van der Waals surface area contributed by atoms with Gasteiger partial charge in [0.05, 0.1) is 17.8 Å². The number of hydrogen-bond donors (Lipinski definition) is 1. The molecule has 3 aromatic rings. The van der Waals surface area contributed by atoms with Crippen LogP contribution in [0.3, 0.4) is 0 Å². The number of carbonyl (C=O) groups is 2. The van der Waals surface area contributed by atoms with E-state index in [1.54, 1.807) is 24.3 Å². The van der Waals surface area contributed by atoms with Gasteiger partial charge < -0.3 is 4.98 Å². The molecule has 5 heteroatoms. The normalized spacial score (nSPS) is 17.2. The van der Waals surface area contributed by atoms with Crippen LogP contribution in [0.15, 0.2) is 54.7 Å². The second-order valence-corrected chi connectivity index (χ2v) is 7.41. The highest BCUT2D eigenvalue weighted by Crippen LogP contribution is 2.33. The van der Waals surface area contributed by atoms with E-state index in [9.17, 15) is 9.59 Å². The zero-order valence-electron chi connectivity index (χ0n) is 15.0. The zero-order valence-corrected chi connectivity index (χ0v) is 15.0. The first kappa shape index (κ1) is 20.8. The second kappa shape index (κ2) is 8.21. The molecule has 1 aromatic heterocycles. The van der Waals surface area contributed by atoms with E-state index in [1.807, 2.05) is 6.07 Å². The molecule has 2 amide bonds. The number of aromatic amines is 1. The summed E-state index contributed by atoms with van der Waals surface area (Å²) in [7, 11) is 0. The van der Waals surface area contributed by atoms with Crippen LogP contribution in [0.25, 0.3) is 10.9 Å². The number of nitrogens with zero attached hydrogens (tertiary/aromatic N) is 2. The molecule has 29 heavy (non-hydrogen) atoms. The van der Waals surface area contributed by atoms with Crippen LogP contribution >= 0.6 is 0 Å². The van der Waals surface area contributed by atoms with Crippen molar-refractivity contribution in [3.05, 3.63) is 71.4 Å². The summed E-state index contributed by atoms with van der Waals surface area (Å²) in [4.78, 5) is 32.1. The Bertz CT molecular complexity index is 996. The minimum atomic E-state index is -0.172. The fourth-order valence-corrected chi connectivity index (χ4v) is 4.38. The topological polar surface area (TPSA) is 56.4 Å². The van der Waals surface area contributed by atoms with Crippen molar-refractivity contribution in [2.45, 2.75) is 33.6 Å². The smallest absolute Gasteiger partial charge is 0.262 e. The summed E-state index contributed by atoms with van der Waals surface area (Å²) >= 11 is 0. The highest BCUT2D eigenvalue weighted by molar-refractivity contribution is 6.21. The fourth-order valence-electron chi connectivity index (χ4n) is 4.38. The number of piperidine rings is 1. The molecule has 1 N–H and O–H groups in total. The molecule has 0 atom stereocenters. The third-order valence-electron chi connectivity index (χ3n) is 5.87. The summed E-state index contributed by atoms with van der Waals surface area (Å²) in [5, 5.41) is 1.30. The maximum Gasteiger partial charge on any atom is 0.262 e. The molecular formula is C24H29N3O2. The number of para-hydroxylation sites is 1. The van der Waals surface area contributed by atoms with Crippen molar-refractivity contribution in [1.29, 1.82) is 0 Å². The highest BCUT2D eigenvalue weighted by atomic mass is 16.2. The van der Waals surface area contributed by atoms with Crippen LogP contribution in [0.5, 0.6) is 0 Å². The van der Waals surface area contributed by atoms with Crippen molar-refractivity contribution in [2.24, 2.45) is 0 Å². The van der Waals surface area contributed by atoms with Crippen molar-refractivity contribution in [3.8, 4) is 0 Å². The number of aromatic nitrogens is 1. The van der Waals surface area contributed by atoms with Crippen molar-refractivity contribution in [3.63, 3.8) is 0 Å².